The fraction of sp³-hybridized carbons (Fsp3) is 0.185. The van der Waals surface area contributed by atoms with Crippen molar-refractivity contribution in [3.8, 4) is 17.2 Å². The van der Waals surface area contributed by atoms with E-state index in [9.17, 15) is 22.8 Å². The number of hydrogen-bond donors (Lipinski definition) is 0. The maximum absolute atomic E-state index is 13.7. The summed E-state index contributed by atoms with van der Waals surface area (Å²) in [6.07, 6.45) is -4.82. The molecule has 1 aliphatic heterocycles. The first-order valence-corrected chi connectivity index (χ1v) is 10.8. The normalized spacial score (nSPS) is 13.1. The van der Waals surface area contributed by atoms with Gasteiger partial charge in [0.05, 0.1) is 25.4 Å². The molecule has 0 aliphatic carbocycles. The van der Waals surface area contributed by atoms with Crippen molar-refractivity contribution in [1.82, 2.24) is 0 Å². The number of ether oxygens (including phenoxy) is 4. The second-order valence-electron chi connectivity index (χ2n) is 7.85. The Morgan fingerprint density at radius 3 is 2.25 bits per heavy atom. The van der Waals surface area contributed by atoms with Crippen molar-refractivity contribution in [2.75, 3.05) is 21.0 Å². The zero-order valence-electron chi connectivity index (χ0n) is 19.3. The van der Waals surface area contributed by atoms with Gasteiger partial charge in [-0.2, -0.15) is 13.2 Å². The quantitative estimate of drug-likeness (QED) is 0.244. The summed E-state index contributed by atoms with van der Waals surface area (Å²) in [5.74, 6) is -0.0298. The molecular weight excluding hydrogens is 477 g/mol. The molecule has 3 aromatic rings. The van der Waals surface area contributed by atoms with Crippen LogP contribution in [0.1, 0.15) is 27.0 Å². The van der Waals surface area contributed by atoms with Crippen LogP contribution in [0, 0.1) is 0 Å². The summed E-state index contributed by atoms with van der Waals surface area (Å²) in [6.45, 7) is -0.00205. The van der Waals surface area contributed by atoms with Crippen LogP contribution >= 0.6 is 0 Å². The SMILES string of the molecule is COC(=O)/C(=C(/Cc1cccc(C(F)(F)F)c1)C(=O)c1ccc(OC)cc1)c1ccc2c(c1)OCO2. The van der Waals surface area contributed by atoms with Gasteiger partial charge in [-0.1, -0.05) is 24.3 Å². The third kappa shape index (κ3) is 5.19. The topological polar surface area (TPSA) is 71.1 Å². The molecule has 0 spiro atoms. The lowest BCUT2D eigenvalue weighted by Gasteiger charge is -2.16. The van der Waals surface area contributed by atoms with Crippen molar-refractivity contribution in [2.45, 2.75) is 12.6 Å². The van der Waals surface area contributed by atoms with E-state index in [0.29, 0.717) is 22.8 Å². The molecule has 0 amide bonds. The third-order valence-electron chi connectivity index (χ3n) is 5.61. The molecule has 1 heterocycles. The summed E-state index contributed by atoms with van der Waals surface area (Å²) < 4.78 is 60.9. The van der Waals surface area contributed by atoms with Crippen LogP contribution < -0.4 is 14.2 Å². The Labute approximate surface area is 204 Å². The number of carbonyl (C=O) groups excluding carboxylic acids is 2. The van der Waals surface area contributed by atoms with Gasteiger partial charge in [0.15, 0.2) is 17.3 Å². The molecule has 0 saturated carbocycles. The molecule has 4 rings (SSSR count). The summed E-state index contributed by atoms with van der Waals surface area (Å²) in [6, 6.07) is 15.5. The van der Waals surface area contributed by atoms with Crippen molar-refractivity contribution in [1.29, 1.82) is 0 Å². The van der Waals surface area contributed by atoms with Crippen molar-refractivity contribution >= 4 is 17.3 Å². The molecule has 186 valence electrons. The van der Waals surface area contributed by atoms with E-state index in [2.05, 4.69) is 0 Å². The van der Waals surface area contributed by atoms with Crippen molar-refractivity contribution < 1.29 is 41.7 Å². The van der Waals surface area contributed by atoms with Gasteiger partial charge in [0.2, 0.25) is 6.79 Å². The van der Waals surface area contributed by atoms with Gasteiger partial charge >= 0.3 is 12.1 Å². The second-order valence-corrected chi connectivity index (χ2v) is 7.85. The van der Waals surface area contributed by atoms with Gasteiger partial charge < -0.3 is 18.9 Å². The Morgan fingerprint density at radius 2 is 1.58 bits per heavy atom. The minimum atomic E-state index is -4.57. The minimum Gasteiger partial charge on any atom is -0.497 e. The molecule has 0 N–H and O–H groups in total. The van der Waals surface area contributed by atoms with Gasteiger partial charge in [0, 0.05) is 17.6 Å². The van der Waals surface area contributed by atoms with E-state index in [1.807, 2.05) is 0 Å². The molecule has 6 nitrogen and oxygen atoms in total. The van der Waals surface area contributed by atoms with E-state index in [4.69, 9.17) is 18.9 Å². The molecule has 0 saturated heterocycles. The number of carbonyl (C=O) groups is 2. The van der Waals surface area contributed by atoms with Crippen LogP contribution in [0.3, 0.4) is 0 Å². The maximum Gasteiger partial charge on any atom is 0.416 e. The highest BCUT2D eigenvalue weighted by Gasteiger charge is 2.31. The van der Waals surface area contributed by atoms with E-state index in [-0.39, 0.29) is 35.5 Å². The van der Waals surface area contributed by atoms with Gasteiger partial charge in [-0.3, -0.25) is 4.79 Å². The lowest BCUT2D eigenvalue weighted by Crippen LogP contribution is -2.16. The Morgan fingerprint density at radius 1 is 0.889 bits per heavy atom. The number of benzene rings is 3. The van der Waals surface area contributed by atoms with Gasteiger partial charge in [-0.05, 0) is 53.6 Å². The molecule has 0 aromatic heterocycles. The average molecular weight is 498 g/mol. The van der Waals surface area contributed by atoms with Crippen molar-refractivity contribution in [2.24, 2.45) is 0 Å². The molecule has 0 bridgehead atoms. The number of fused-ring (bicyclic) bond motifs is 1. The van der Waals surface area contributed by atoms with E-state index in [0.717, 1.165) is 19.2 Å². The van der Waals surface area contributed by atoms with Gasteiger partial charge in [0.25, 0.3) is 0 Å². The number of halogens is 3. The largest absolute Gasteiger partial charge is 0.497 e. The zero-order valence-corrected chi connectivity index (χ0v) is 19.3. The predicted octanol–water partition coefficient (Wildman–Crippen LogP) is 5.49. The summed E-state index contributed by atoms with van der Waals surface area (Å²) in [7, 11) is 2.64. The lowest BCUT2D eigenvalue weighted by atomic mass is 9.89. The molecule has 0 atom stereocenters. The average Bonchev–Trinajstić information content (AvgIpc) is 3.35. The standard InChI is InChI=1S/C27H21F3O6/c1-33-20-9-6-17(7-10-20)25(31)21(13-16-4-3-5-19(12-16)27(28,29)30)24(26(32)34-2)18-8-11-22-23(14-18)36-15-35-22/h3-12,14H,13,15H2,1-2H3/b24-21-. The lowest BCUT2D eigenvalue weighted by molar-refractivity contribution is -0.137. The molecule has 36 heavy (non-hydrogen) atoms. The number of hydrogen-bond acceptors (Lipinski definition) is 6. The van der Waals surface area contributed by atoms with Crippen LogP contribution in [0.25, 0.3) is 5.57 Å². The fourth-order valence-electron chi connectivity index (χ4n) is 3.83. The monoisotopic (exact) mass is 498 g/mol. The number of rotatable bonds is 7. The van der Waals surface area contributed by atoms with Crippen LogP contribution in [0.2, 0.25) is 0 Å². The summed E-state index contributed by atoms with van der Waals surface area (Å²) in [4.78, 5) is 26.7. The van der Waals surface area contributed by atoms with Crippen LogP contribution in [-0.2, 0) is 22.1 Å². The van der Waals surface area contributed by atoms with Crippen LogP contribution in [0.15, 0.2) is 72.3 Å². The van der Waals surface area contributed by atoms with E-state index in [1.54, 1.807) is 24.3 Å². The zero-order chi connectivity index (χ0) is 25.9. The molecule has 0 unspecified atom stereocenters. The maximum atomic E-state index is 13.7. The van der Waals surface area contributed by atoms with Crippen LogP contribution in [0.5, 0.6) is 17.2 Å². The van der Waals surface area contributed by atoms with E-state index >= 15 is 0 Å². The highest BCUT2D eigenvalue weighted by Crippen LogP contribution is 2.37. The summed E-state index contributed by atoms with van der Waals surface area (Å²) >= 11 is 0. The Bertz CT molecular complexity index is 1330. The smallest absolute Gasteiger partial charge is 0.416 e. The fourth-order valence-corrected chi connectivity index (χ4v) is 3.83. The number of Topliss-reactive ketones (excluding diaryl/α,β-unsaturated/α-hetero) is 1. The summed E-state index contributed by atoms with van der Waals surface area (Å²) in [5.41, 5.74) is -0.267. The highest BCUT2D eigenvalue weighted by atomic mass is 19.4. The molecule has 0 radical (unpaired) electrons. The molecule has 1 aliphatic rings. The number of allylic oxidation sites excluding steroid dienone is 1. The summed E-state index contributed by atoms with van der Waals surface area (Å²) in [5, 5.41) is 0. The first kappa shape index (κ1) is 24.8. The van der Waals surface area contributed by atoms with Gasteiger partial charge in [-0.25, -0.2) is 4.79 Å². The van der Waals surface area contributed by atoms with Crippen molar-refractivity contribution in [3.05, 3.63) is 94.6 Å². The van der Waals surface area contributed by atoms with Gasteiger partial charge in [-0.15, -0.1) is 0 Å². The Balaban J connectivity index is 1.89. The first-order chi connectivity index (χ1) is 17.2. The van der Waals surface area contributed by atoms with Crippen molar-refractivity contribution in [3.63, 3.8) is 0 Å². The number of ketones is 1. The predicted molar refractivity (Wildman–Crippen MR) is 124 cm³/mol. The second kappa shape index (κ2) is 10.2. The molecule has 3 aromatic carbocycles. The van der Waals surface area contributed by atoms with E-state index in [1.165, 1.54) is 37.4 Å². The number of esters is 1. The van der Waals surface area contributed by atoms with E-state index < -0.39 is 23.5 Å². The van der Waals surface area contributed by atoms with Crippen LogP contribution in [-0.4, -0.2) is 32.8 Å². The third-order valence-corrected chi connectivity index (χ3v) is 5.61. The Hall–Kier alpha value is -4.27. The Kier molecular flexibility index (Phi) is 7.00. The van der Waals surface area contributed by atoms with Gasteiger partial charge in [0.1, 0.15) is 5.75 Å². The minimum absolute atomic E-state index is 0.00205. The number of alkyl halides is 3. The first-order valence-electron chi connectivity index (χ1n) is 10.8. The number of methoxy groups -OCH3 is 2. The molecular formula is C27H21F3O6. The molecule has 0 fully saturated rings. The highest BCUT2D eigenvalue weighted by molar-refractivity contribution is 6.27. The molecule has 9 heteroatoms. The van der Waals surface area contributed by atoms with Crippen LogP contribution in [0.4, 0.5) is 13.2 Å².